The Morgan fingerprint density at radius 1 is 1.17 bits per heavy atom. The highest BCUT2D eigenvalue weighted by molar-refractivity contribution is 5.81. The zero-order valence-electron chi connectivity index (χ0n) is 18.1. The maximum atomic E-state index is 12.1. The number of H-pyrrole nitrogens is 1. The number of methoxy groups -OCH3 is 1. The fourth-order valence-electron chi connectivity index (χ4n) is 3.30. The smallest absolute Gasteiger partial charge is 0.410 e. The summed E-state index contributed by atoms with van der Waals surface area (Å²) in [5.41, 5.74) is -0.124. The largest absolute Gasteiger partial charge is 0.493 e. The van der Waals surface area contributed by atoms with Crippen molar-refractivity contribution in [2.24, 2.45) is 0 Å². The second-order valence-corrected chi connectivity index (χ2v) is 8.26. The molecule has 2 heterocycles. The predicted molar refractivity (Wildman–Crippen MR) is 113 cm³/mol. The van der Waals surface area contributed by atoms with Gasteiger partial charge in [0.2, 0.25) is 0 Å². The van der Waals surface area contributed by atoms with Crippen molar-refractivity contribution in [3.63, 3.8) is 0 Å². The Balaban J connectivity index is 1.46. The molecule has 1 aromatic carbocycles. The van der Waals surface area contributed by atoms with E-state index in [0.717, 1.165) is 26.1 Å². The lowest BCUT2D eigenvalue weighted by Crippen LogP contribution is -2.50. The summed E-state index contributed by atoms with van der Waals surface area (Å²) in [7, 11) is 1.54. The van der Waals surface area contributed by atoms with Gasteiger partial charge in [0.15, 0.2) is 11.5 Å². The molecule has 9 nitrogen and oxygen atoms in total. The summed E-state index contributed by atoms with van der Waals surface area (Å²) in [6.45, 7) is 9.95. The molecule has 30 heavy (non-hydrogen) atoms. The van der Waals surface area contributed by atoms with E-state index in [-0.39, 0.29) is 11.7 Å². The molecule has 2 aromatic rings. The number of nitrogens with zero attached hydrogens (tertiary/aromatic N) is 3. The number of fused-ring (bicyclic) bond motifs is 1. The number of rotatable bonds is 6. The SMILES string of the molecule is COc1cc2c(=O)[nH]cnc2cc1OCCCN1CCN(C(=O)OC(C)(C)C)CC1. The first-order valence-corrected chi connectivity index (χ1v) is 10.2. The van der Waals surface area contributed by atoms with Crippen LogP contribution in [0.3, 0.4) is 0 Å². The van der Waals surface area contributed by atoms with Crippen molar-refractivity contribution < 1.29 is 19.0 Å². The Bertz CT molecular complexity index is 929. The van der Waals surface area contributed by atoms with Gasteiger partial charge in [-0.3, -0.25) is 9.69 Å². The molecule has 0 bridgehead atoms. The van der Waals surface area contributed by atoms with Gasteiger partial charge in [-0.15, -0.1) is 0 Å². The first-order valence-electron chi connectivity index (χ1n) is 10.2. The first kappa shape index (κ1) is 21.9. The number of piperazine rings is 1. The van der Waals surface area contributed by atoms with Crippen LogP contribution in [0.2, 0.25) is 0 Å². The zero-order valence-corrected chi connectivity index (χ0v) is 18.1. The molecule has 1 amide bonds. The molecule has 1 saturated heterocycles. The molecule has 0 radical (unpaired) electrons. The third-order valence-electron chi connectivity index (χ3n) is 4.83. The van der Waals surface area contributed by atoms with Crippen molar-refractivity contribution in [3.05, 3.63) is 28.8 Å². The van der Waals surface area contributed by atoms with Crippen LogP contribution in [0.5, 0.6) is 11.5 Å². The molecule has 1 aromatic heterocycles. The number of aromatic amines is 1. The van der Waals surface area contributed by atoms with E-state index in [9.17, 15) is 9.59 Å². The molecule has 0 aliphatic carbocycles. The van der Waals surface area contributed by atoms with E-state index >= 15 is 0 Å². The van der Waals surface area contributed by atoms with Crippen molar-refractivity contribution in [1.82, 2.24) is 19.8 Å². The minimum absolute atomic E-state index is 0.213. The average Bonchev–Trinajstić information content (AvgIpc) is 2.70. The monoisotopic (exact) mass is 418 g/mol. The van der Waals surface area contributed by atoms with E-state index in [0.29, 0.717) is 42.1 Å². The number of hydrogen-bond donors (Lipinski definition) is 1. The Labute approximate surface area is 175 Å². The molecule has 0 spiro atoms. The van der Waals surface area contributed by atoms with Crippen LogP contribution in [0.1, 0.15) is 27.2 Å². The van der Waals surface area contributed by atoms with Gasteiger partial charge in [-0.2, -0.15) is 0 Å². The number of nitrogens with one attached hydrogen (secondary N) is 1. The van der Waals surface area contributed by atoms with Crippen molar-refractivity contribution in [3.8, 4) is 11.5 Å². The number of benzene rings is 1. The number of carbonyl (C=O) groups is 1. The van der Waals surface area contributed by atoms with Gasteiger partial charge in [0.25, 0.3) is 5.56 Å². The molecule has 0 atom stereocenters. The predicted octanol–water partition coefficient (Wildman–Crippen LogP) is 2.25. The lowest BCUT2D eigenvalue weighted by Gasteiger charge is -2.35. The summed E-state index contributed by atoms with van der Waals surface area (Å²) >= 11 is 0. The molecule has 3 rings (SSSR count). The highest BCUT2D eigenvalue weighted by Crippen LogP contribution is 2.30. The molecule has 0 saturated carbocycles. The molecule has 0 unspecified atom stereocenters. The van der Waals surface area contributed by atoms with Gasteiger partial charge in [-0.25, -0.2) is 9.78 Å². The number of aromatic nitrogens is 2. The molecule has 1 fully saturated rings. The van der Waals surface area contributed by atoms with Crippen LogP contribution in [-0.2, 0) is 4.74 Å². The quantitative estimate of drug-likeness (QED) is 0.719. The molecule has 164 valence electrons. The van der Waals surface area contributed by atoms with Crippen molar-refractivity contribution in [2.45, 2.75) is 32.8 Å². The second-order valence-electron chi connectivity index (χ2n) is 8.26. The van der Waals surface area contributed by atoms with Crippen LogP contribution in [-0.4, -0.2) is 77.9 Å². The molecule has 9 heteroatoms. The summed E-state index contributed by atoms with van der Waals surface area (Å²) in [4.78, 5) is 34.8. The minimum atomic E-state index is -0.474. The van der Waals surface area contributed by atoms with Crippen LogP contribution in [0.4, 0.5) is 4.79 Å². The van der Waals surface area contributed by atoms with Crippen LogP contribution in [0.15, 0.2) is 23.3 Å². The Kier molecular flexibility index (Phi) is 6.81. The van der Waals surface area contributed by atoms with E-state index in [1.807, 2.05) is 20.8 Å². The van der Waals surface area contributed by atoms with Crippen molar-refractivity contribution >= 4 is 17.0 Å². The van der Waals surface area contributed by atoms with Gasteiger partial charge in [0.05, 0.1) is 30.9 Å². The third-order valence-corrected chi connectivity index (χ3v) is 4.83. The highest BCUT2D eigenvalue weighted by atomic mass is 16.6. The van der Waals surface area contributed by atoms with E-state index in [2.05, 4.69) is 14.9 Å². The lowest BCUT2D eigenvalue weighted by molar-refractivity contribution is 0.0142. The van der Waals surface area contributed by atoms with Crippen molar-refractivity contribution in [1.29, 1.82) is 0 Å². The van der Waals surface area contributed by atoms with Crippen LogP contribution >= 0.6 is 0 Å². The van der Waals surface area contributed by atoms with E-state index < -0.39 is 5.60 Å². The lowest BCUT2D eigenvalue weighted by atomic mass is 10.2. The maximum absolute atomic E-state index is 12.1. The zero-order chi connectivity index (χ0) is 21.7. The molecule has 1 N–H and O–H groups in total. The van der Waals surface area contributed by atoms with E-state index in [1.54, 1.807) is 24.1 Å². The summed E-state index contributed by atoms with van der Waals surface area (Å²) < 4.78 is 16.7. The Morgan fingerprint density at radius 3 is 2.57 bits per heavy atom. The molecular weight excluding hydrogens is 388 g/mol. The minimum Gasteiger partial charge on any atom is -0.493 e. The number of ether oxygens (including phenoxy) is 3. The van der Waals surface area contributed by atoms with E-state index in [4.69, 9.17) is 14.2 Å². The van der Waals surface area contributed by atoms with Gasteiger partial charge in [0, 0.05) is 38.8 Å². The molecular formula is C21H30N4O5. The summed E-state index contributed by atoms with van der Waals surface area (Å²) in [5, 5.41) is 0.463. The maximum Gasteiger partial charge on any atom is 0.410 e. The summed E-state index contributed by atoms with van der Waals surface area (Å²) in [6, 6.07) is 3.37. The van der Waals surface area contributed by atoms with Crippen LogP contribution in [0.25, 0.3) is 10.9 Å². The number of carbonyl (C=O) groups excluding carboxylic acids is 1. The van der Waals surface area contributed by atoms with Crippen molar-refractivity contribution in [2.75, 3.05) is 46.4 Å². The highest BCUT2D eigenvalue weighted by Gasteiger charge is 2.25. The molecule has 1 aliphatic heterocycles. The summed E-state index contributed by atoms with van der Waals surface area (Å²) in [5.74, 6) is 1.07. The van der Waals surface area contributed by atoms with Gasteiger partial charge >= 0.3 is 6.09 Å². The Hall–Kier alpha value is -2.81. The Morgan fingerprint density at radius 2 is 1.90 bits per heavy atom. The normalized spacial score (nSPS) is 15.3. The second kappa shape index (κ2) is 9.34. The number of hydrogen-bond acceptors (Lipinski definition) is 7. The van der Waals surface area contributed by atoms with Gasteiger partial charge in [0.1, 0.15) is 5.60 Å². The van der Waals surface area contributed by atoms with Crippen LogP contribution < -0.4 is 15.0 Å². The van der Waals surface area contributed by atoms with Gasteiger partial charge < -0.3 is 24.1 Å². The first-order chi connectivity index (χ1) is 14.3. The third kappa shape index (κ3) is 5.63. The fourth-order valence-corrected chi connectivity index (χ4v) is 3.30. The number of amides is 1. The average molecular weight is 418 g/mol. The molecule has 1 aliphatic rings. The fraction of sp³-hybridized carbons (Fsp3) is 0.571. The van der Waals surface area contributed by atoms with Crippen LogP contribution in [0, 0.1) is 0 Å². The summed E-state index contributed by atoms with van der Waals surface area (Å²) in [6.07, 6.45) is 1.95. The van der Waals surface area contributed by atoms with Gasteiger partial charge in [-0.05, 0) is 33.3 Å². The van der Waals surface area contributed by atoms with E-state index in [1.165, 1.54) is 6.33 Å². The topological polar surface area (TPSA) is 97.0 Å². The van der Waals surface area contributed by atoms with Gasteiger partial charge in [-0.1, -0.05) is 0 Å². The standard InChI is InChI=1S/C21H30N4O5/c1-21(2,3)30-20(27)25-9-7-24(8-10-25)6-5-11-29-18-13-16-15(12-17(18)28-4)19(26)23-14-22-16/h12-14H,5-11H2,1-4H3,(H,22,23,26).